The average molecular weight is 747 g/mol. The van der Waals surface area contributed by atoms with Crippen LogP contribution in [0.3, 0.4) is 0 Å². The van der Waals surface area contributed by atoms with E-state index in [1.54, 1.807) is 36.0 Å². The third-order valence-corrected chi connectivity index (χ3v) is 9.91. The number of hydrogen-bond donors (Lipinski definition) is 4. The molecule has 0 aliphatic carbocycles. The second-order valence-electron chi connectivity index (χ2n) is 13.3. The summed E-state index contributed by atoms with van der Waals surface area (Å²) in [5.74, 6) is 0.852. The summed E-state index contributed by atoms with van der Waals surface area (Å²) in [6.45, 7) is 4.54. The number of aromatic amines is 2. The van der Waals surface area contributed by atoms with Gasteiger partial charge in [0.1, 0.15) is 23.7 Å². The predicted octanol–water partition coefficient (Wildman–Crippen LogP) is 4.32. The monoisotopic (exact) mass is 746 g/mol. The minimum atomic E-state index is -0.893. The molecule has 16 nitrogen and oxygen atoms in total. The molecule has 0 radical (unpaired) electrons. The summed E-state index contributed by atoms with van der Waals surface area (Å²) in [5, 5.41) is 5.21. The van der Waals surface area contributed by atoms with Crippen LogP contribution in [0.1, 0.15) is 85.8 Å². The molecule has 0 bridgehead atoms. The first-order valence-electron chi connectivity index (χ1n) is 18.0. The SMILES string of the molecule is COC(=O)N[C@H](C(=O)N1CCC[C@H]1c1ncc(/C=C/c2ccc(/C=C/c3cnc([C@@H]4CCCN4C(=O)[C@@H](NC(=O)OC)[C@@H](C)OC)[nH]3)cc2)[nH]1)[C@@H](C)OC. The van der Waals surface area contributed by atoms with Crippen molar-refractivity contribution < 1.29 is 38.1 Å². The second-order valence-corrected chi connectivity index (χ2v) is 13.3. The zero-order valence-corrected chi connectivity index (χ0v) is 31.5. The van der Waals surface area contributed by atoms with E-state index in [1.165, 1.54) is 28.4 Å². The number of alkyl carbamates (subject to hydrolysis) is 2. The second kappa shape index (κ2) is 18.5. The summed E-state index contributed by atoms with van der Waals surface area (Å²) in [6, 6.07) is 5.74. The first-order valence-corrected chi connectivity index (χ1v) is 18.0. The summed E-state index contributed by atoms with van der Waals surface area (Å²) >= 11 is 0. The molecular weight excluding hydrogens is 696 g/mol. The van der Waals surface area contributed by atoms with Crippen molar-refractivity contribution in [3.05, 3.63) is 70.8 Å². The number of carbonyl (C=O) groups is 4. The van der Waals surface area contributed by atoms with Gasteiger partial charge in [0.15, 0.2) is 0 Å². The molecule has 3 aromatic rings. The highest BCUT2D eigenvalue weighted by Crippen LogP contribution is 2.33. The van der Waals surface area contributed by atoms with Crippen molar-refractivity contribution in [3.8, 4) is 0 Å². The van der Waals surface area contributed by atoms with Crippen molar-refractivity contribution >= 4 is 48.3 Å². The van der Waals surface area contributed by atoms with Crippen molar-refractivity contribution in [1.82, 2.24) is 40.4 Å². The number of aromatic nitrogens is 4. The van der Waals surface area contributed by atoms with E-state index in [1.807, 2.05) is 48.6 Å². The molecule has 1 aromatic carbocycles. The van der Waals surface area contributed by atoms with Crippen LogP contribution in [0.4, 0.5) is 9.59 Å². The molecule has 4 N–H and O–H groups in total. The lowest BCUT2D eigenvalue weighted by Crippen LogP contribution is -2.54. The number of rotatable bonds is 14. The predicted molar refractivity (Wildman–Crippen MR) is 200 cm³/mol. The number of nitrogens with zero attached hydrogens (tertiary/aromatic N) is 4. The Labute approximate surface area is 314 Å². The van der Waals surface area contributed by atoms with Gasteiger partial charge in [-0.1, -0.05) is 36.4 Å². The molecule has 2 aliphatic rings. The Kier molecular flexibility index (Phi) is 13.6. The largest absolute Gasteiger partial charge is 0.453 e. The van der Waals surface area contributed by atoms with Gasteiger partial charge in [-0.2, -0.15) is 0 Å². The van der Waals surface area contributed by atoms with E-state index in [0.29, 0.717) is 24.7 Å². The number of amides is 4. The fourth-order valence-electron chi connectivity index (χ4n) is 6.69. The van der Waals surface area contributed by atoms with Crippen molar-refractivity contribution in [2.75, 3.05) is 41.5 Å². The van der Waals surface area contributed by atoms with Gasteiger partial charge in [-0.3, -0.25) is 9.59 Å². The van der Waals surface area contributed by atoms with Crippen LogP contribution in [0.15, 0.2) is 36.7 Å². The van der Waals surface area contributed by atoms with E-state index in [2.05, 4.69) is 30.6 Å². The van der Waals surface area contributed by atoms with Crippen LogP contribution < -0.4 is 10.6 Å². The minimum Gasteiger partial charge on any atom is -0.453 e. The molecule has 6 atom stereocenters. The van der Waals surface area contributed by atoms with E-state index in [0.717, 1.165) is 48.2 Å². The van der Waals surface area contributed by atoms with E-state index in [-0.39, 0.29) is 23.9 Å². The number of benzene rings is 1. The fraction of sp³-hybridized carbons (Fsp3) is 0.474. The van der Waals surface area contributed by atoms with Gasteiger partial charge >= 0.3 is 12.2 Å². The van der Waals surface area contributed by atoms with E-state index >= 15 is 0 Å². The molecule has 5 rings (SSSR count). The Bertz CT molecular complexity index is 1670. The van der Waals surface area contributed by atoms with Gasteiger partial charge in [-0.15, -0.1) is 0 Å². The Hall–Kier alpha value is -5.48. The van der Waals surface area contributed by atoms with Crippen LogP contribution in [0.25, 0.3) is 24.3 Å². The van der Waals surface area contributed by atoms with Crippen LogP contribution >= 0.6 is 0 Å². The molecular formula is C38H50N8O8. The summed E-state index contributed by atoms with van der Waals surface area (Å²) in [5.41, 5.74) is 3.57. The molecule has 2 fully saturated rings. The number of methoxy groups -OCH3 is 4. The number of imidazole rings is 2. The van der Waals surface area contributed by atoms with Crippen molar-refractivity contribution in [2.45, 2.75) is 75.9 Å². The number of carbonyl (C=O) groups excluding carboxylic acids is 4. The smallest absolute Gasteiger partial charge is 0.407 e. The highest BCUT2D eigenvalue weighted by Gasteiger charge is 2.40. The average Bonchev–Trinajstić information content (AvgIpc) is 4.03. The number of ether oxygens (including phenoxy) is 4. The van der Waals surface area contributed by atoms with Gasteiger partial charge in [0.25, 0.3) is 0 Å². The third-order valence-electron chi connectivity index (χ3n) is 9.91. The molecule has 2 aromatic heterocycles. The van der Waals surface area contributed by atoms with Crippen LogP contribution in [0.5, 0.6) is 0 Å². The molecule has 0 saturated carbocycles. The number of H-pyrrole nitrogens is 2. The van der Waals surface area contributed by atoms with Crippen molar-refractivity contribution in [3.63, 3.8) is 0 Å². The Morgan fingerprint density at radius 1 is 0.685 bits per heavy atom. The van der Waals surface area contributed by atoms with E-state index in [4.69, 9.17) is 18.9 Å². The van der Waals surface area contributed by atoms with Crippen LogP contribution in [-0.2, 0) is 28.5 Å². The lowest BCUT2D eigenvalue weighted by molar-refractivity contribution is -0.138. The van der Waals surface area contributed by atoms with Gasteiger partial charge in [0.05, 0.1) is 62.3 Å². The van der Waals surface area contributed by atoms with E-state index < -0.39 is 36.5 Å². The van der Waals surface area contributed by atoms with Crippen molar-refractivity contribution in [1.29, 1.82) is 0 Å². The third kappa shape index (κ3) is 9.54. The highest BCUT2D eigenvalue weighted by atomic mass is 16.5. The Morgan fingerprint density at radius 3 is 1.43 bits per heavy atom. The zero-order valence-electron chi connectivity index (χ0n) is 31.5. The maximum absolute atomic E-state index is 13.5. The van der Waals surface area contributed by atoms with Crippen LogP contribution in [-0.4, -0.2) is 120 Å². The minimum absolute atomic E-state index is 0.252. The molecule has 0 unspecified atom stereocenters. The maximum atomic E-state index is 13.5. The molecule has 2 saturated heterocycles. The van der Waals surface area contributed by atoms with Gasteiger partial charge in [0, 0.05) is 27.3 Å². The quantitative estimate of drug-likeness (QED) is 0.185. The van der Waals surface area contributed by atoms with Crippen LogP contribution in [0, 0.1) is 0 Å². The Morgan fingerprint density at radius 2 is 1.07 bits per heavy atom. The first kappa shape index (κ1) is 39.7. The highest BCUT2D eigenvalue weighted by molar-refractivity contribution is 5.87. The van der Waals surface area contributed by atoms with Gasteiger partial charge in [0.2, 0.25) is 11.8 Å². The molecule has 0 spiro atoms. The molecule has 4 amide bonds. The number of nitrogens with one attached hydrogen (secondary N) is 4. The van der Waals surface area contributed by atoms with Crippen molar-refractivity contribution in [2.24, 2.45) is 0 Å². The van der Waals surface area contributed by atoms with Gasteiger partial charge in [-0.05, 0) is 62.8 Å². The summed E-state index contributed by atoms with van der Waals surface area (Å²) in [7, 11) is 5.49. The van der Waals surface area contributed by atoms with Gasteiger partial charge < -0.3 is 49.3 Å². The normalized spacial score (nSPS) is 19.5. The molecule has 290 valence electrons. The summed E-state index contributed by atoms with van der Waals surface area (Å²) in [6.07, 6.45) is 11.9. The summed E-state index contributed by atoms with van der Waals surface area (Å²) in [4.78, 5) is 70.2. The topological polar surface area (TPSA) is 193 Å². The lowest BCUT2D eigenvalue weighted by atomic mass is 10.1. The molecule has 16 heteroatoms. The first-order chi connectivity index (χ1) is 26.1. The Balaban J connectivity index is 1.18. The lowest BCUT2D eigenvalue weighted by Gasteiger charge is -2.30. The number of hydrogen-bond acceptors (Lipinski definition) is 10. The molecule has 54 heavy (non-hydrogen) atoms. The molecule has 4 heterocycles. The number of likely N-dealkylation sites (tertiary alicyclic amines) is 2. The maximum Gasteiger partial charge on any atom is 0.407 e. The standard InChI is InChI=1S/C38H50N8O8/c1-23(51-3)31(43-37(49)53-5)35(47)45-19-7-9-29(45)33-39-21-27(41-33)17-15-25-11-13-26(14-12-25)16-18-28-22-40-34(42-28)30-10-8-20-46(30)36(48)32(24(2)52-4)44-38(50)54-6/h11-18,21-24,29-32H,7-10,19-20H2,1-6H3,(H,39,41)(H,40,42)(H,43,49)(H,44,50)/b17-15+,18-16+/t23-,24-,29+,30+,31+,32+/m1/s1. The summed E-state index contributed by atoms with van der Waals surface area (Å²) < 4.78 is 20.2. The molecule has 2 aliphatic heterocycles. The zero-order chi connectivity index (χ0) is 38.8. The fourth-order valence-corrected chi connectivity index (χ4v) is 6.69. The van der Waals surface area contributed by atoms with E-state index in [9.17, 15) is 19.2 Å². The van der Waals surface area contributed by atoms with Crippen LogP contribution in [0.2, 0.25) is 0 Å². The van der Waals surface area contributed by atoms with Gasteiger partial charge in [-0.25, -0.2) is 19.6 Å².